The van der Waals surface area contributed by atoms with Crippen LogP contribution < -0.4 is 10.6 Å². The molecule has 0 heterocycles. The second kappa shape index (κ2) is 11.8. The van der Waals surface area contributed by atoms with Crippen molar-refractivity contribution in [3.63, 3.8) is 0 Å². The van der Waals surface area contributed by atoms with Crippen molar-refractivity contribution in [1.29, 1.82) is 0 Å². The van der Waals surface area contributed by atoms with Crippen molar-refractivity contribution in [2.45, 2.75) is 110 Å². The minimum Gasteiger partial charge on any atom is -0.460 e. The molecule has 3 rings (SSSR count). The predicted molar refractivity (Wildman–Crippen MR) is 157 cm³/mol. The largest absolute Gasteiger partial charge is 0.460 e. The van der Waals surface area contributed by atoms with Gasteiger partial charge in [0.25, 0.3) is 0 Å². The number of carbonyl (C=O) groups excluding carboxylic acids is 4. The zero-order valence-corrected chi connectivity index (χ0v) is 27.4. The average molecular weight is 630 g/mol. The van der Waals surface area contributed by atoms with Gasteiger partial charge in [-0.25, -0.2) is 9.59 Å². The predicted octanol–water partition coefficient (Wildman–Crippen LogP) is 5.21. The van der Waals surface area contributed by atoms with E-state index in [2.05, 4.69) is 10.6 Å². The number of benzene rings is 1. The number of alkyl carbamates (subject to hydrolysis) is 1. The number of halogens is 2. The van der Waals surface area contributed by atoms with Crippen molar-refractivity contribution in [3.8, 4) is 0 Å². The van der Waals surface area contributed by atoms with Crippen LogP contribution >= 0.6 is 23.2 Å². The maximum absolute atomic E-state index is 14.3. The number of esters is 2. The second-order valence-corrected chi connectivity index (χ2v) is 14.7. The van der Waals surface area contributed by atoms with E-state index in [1.54, 1.807) is 80.5 Å². The molecule has 0 radical (unpaired) electrons. The smallest absolute Gasteiger partial charge is 0.408 e. The van der Waals surface area contributed by atoms with Crippen molar-refractivity contribution >= 4 is 47.1 Å². The molecule has 12 heteroatoms. The molecule has 2 aliphatic rings. The van der Waals surface area contributed by atoms with E-state index in [0.29, 0.717) is 15.6 Å². The average Bonchev–Trinajstić information content (AvgIpc) is 3.46. The number of amides is 2. The molecule has 1 aromatic carbocycles. The molecule has 2 saturated carbocycles. The van der Waals surface area contributed by atoms with Crippen LogP contribution in [0, 0.1) is 17.8 Å². The second-order valence-electron chi connectivity index (χ2n) is 13.9. The molecule has 0 aromatic heterocycles. The lowest BCUT2D eigenvalue weighted by Gasteiger charge is -2.41. The molecule has 2 fully saturated rings. The van der Waals surface area contributed by atoms with Crippen molar-refractivity contribution < 1.29 is 38.1 Å². The Balaban J connectivity index is 2.16. The lowest BCUT2D eigenvalue weighted by molar-refractivity contribution is -0.174. The highest BCUT2D eigenvalue weighted by Gasteiger charge is 2.81. The van der Waals surface area contributed by atoms with Crippen LogP contribution in [0.5, 0.6) is 0 Å². The molecular weight excluding hydrogens is 587 g/mol. The highest BCUT2D eigenvalue weighted by atomic mass is 35.5. The van der Waals surface area contributed by atoms with Gasteiger partial charge in [0.2, 0.25) is 5.91 Å². The number of ether oxygens (including phenoxy) is 4. The third-order valence-corrected chi connectivity index (χ3v) is 7.44. The first-order chi connectivity index (χ1) is 19.1. The molecule has 2 amide bonds. The number of fused-ring (bicyclic) bond motifs is 1. The van der Waals surface area contributed by atoms with E-state index >= 15 is 0 Å². The highest BCUT2D eigenvalue weighted by Crippen LogP contribution is 2.64. The van der Waals surface area contributed by atoms with E-state index < -0.39 is 76.2 Å². The summed E-state index contributed by atoms with van der Waals surface area (Å²) in [6.07, 6.45) is -2.07. The van der Waals surface area contributed by atoms with Crippen LogP contribution in [-0.4, -0.2) is 58.4 Å². The Labute approximate surface area is 257 Å². The van der Waals surface area contributed by atoms with Gasteiger partial charge in [0.1, 0.15) is 22.9 Å². The van der Waals surface area contributed by atoms with Gasteiger partial charge in [-0.15, -0.1) is 0 Å². The monoisotopic (exact) mass is 628 g/mol. The maximum Gasteiger partial charge on any atom is 0.408 e. The lowest BCUT2D eigenvalue weighted by atomic mass is 9.85. The zero-order valence-electron chi connectivity index (χ0n) is 25.8. The number of carbonyl (C=O) groups is 4. The van der Waals surface area contributed by atoms with Crippen LogP contribution in [0.15, 0.2) is 18.2 Å². The first-order valence-electron chi connectivity index (χ1n) is 13.9. The fraction of sp³-hybridized carbons (Fsp3) is 0.667. The van der Waals surface area contributed by atoms with Gasteiger partial charge in [-0.2, -0.15) is 0 Å². The van der Waals surface area contributed by atoms with Gasteiger partial charge in [-0.3, -0.25) is 9.59 Å². The summed E-state index contributed by atoms with van der Waals surface area (Å²) in [5.74, 6) is -4.07. The number of rotatable bonds is 7. The Morgan fingerprint density at radius 2 is 1.43 bits per heavy atom. The fourth-order valence-corrected chi connectivity index (χ4v) is 5.79. The van der Waals surface area contributed by atoms with Gasteiger partial charge in [-0.05, 0) is 80.0 Å². The summed E-state index contributed by atoms with van der Waals surface area (Å²) in [5, 5.41) is 6.28. The fourth-order valence-electron chi connectivity index (χ4n) is 5.47. The topological polar surface area (TPSA) is 129 Å². The van der Waals surface area contributed by atoms with E-state index in [1.807, 2.05) is 0 Å². The minimum absolute atomic E-state index is 0.0608. The van der Waals surface area contributed by atoms with Crippen LogP contribution in [0.2, 0.25) is 10.0 Å². The normalized spacial score (nSPS) is 27.0. The molecule has 6 atom stereocenters. The zero-order chi connectivity index (χ0) is 32.0. The van der Waals surface area contributed by atoms with Gasteiger partial charge < -0.3 is 29.6 Å². The third kappa shape index (κ3) is 7.88. The Morgan fingerprint density at radius 3 is 1.93 bits per heavy atom. The van der Waals surface area contributed by atoms with Crippen molar-refractivity contribution in [3.05, 3.63) is 33.8 Å². The summed E-state index contributed by atoms with van der Waals surface area (Å²) >= 11 is 12.3. The molecule has 1 aromatic rings. The van der Waals surface area contributed by atoms with Crippen LogP contribution in [0.4, 0.5) is 4.79 Å². The van der Waals surface area contributed by atoms with Crippen molar-refractivity contribution in [2.24, 2.45) is 17.8 Å². The Hall–Kier alpha value is -2.56. The van der Waals surface area contributed by atoms with E-state index in [1.165, 1.54) is 6.92 Å². The molecule has 6 unspecified atom stereocenters. The molecule has 234 valence electrons. The summed E-state index contributed by atoms with van der Waals surface area (Å²) in [6.45, 7) is 16.6. The lowest BCUT2D eigenvalue weighted by Crippen LogP contribution is -2.68. The van der Waals surface area contributed by atoms with Gasteiger partial charge in [0.05, 0.1) is 28.6 Å². The number of nitrogens with one attached hydrogen (secondary N) is 2. The molecule has 10 nitrogen and oxygen atoms in total. The summed E-state index contributed by atoms with van der Waals surface area (Å²) in [4.78, 5) is 53.5. The molecule has 42 heavy (non-hydrogen) atoms. The minimum atomic E-state index is -1.93. The molecule has 0 saturated heterocycles. The van der Waals surface area contributed by atoms with Crippen LogP contribution in [0.3, 0.4) is 0 Å². The van der Waals surface area contributed by atoms with E-state index in [-0.39, 0.29) is 6.61 Å². The van der Waals surface area contributed by atoms with Gasteiger partial charge in [0, 0.05) is 18.8 Å². The molecule has 0 spiro atoms. The first kappa shape index (κ1) is 33.9. The quantitative estimate of drug-likeness (QED) is 0.311. The summed E-state index contributed by atoms with van der Waals surface area (Å²) in [5.41, 5.74) is -3.98. The molecule has 2 aliphatic carbocycles. The van der Waals surface area contributed by atoms with Crippen LogP contribution in [0.25, 0.3) is 0 Å². The van der Waals surface area contributed by atoms with E-state index in [0.717, 1.165) is 0 Å². The maximum atomic E-state index is 14.3. The number of hydrogen-bond donors (Lipinski definition) is 2. The molecular formula is C30H42Cl2N2O8. The Bertz CT molecular complexity index is 1230. The van der Waals surface area contributed by atoms with Gasteiger partial charge in [-0.1, -0.05) is 29.3 Å². The van der Waals surface area contributed by atoms with Crippen LogP contribution in [0.1, 0.15) is 74.8 Å². The first-order valence-corrected chi connectivity index (χ1v) is 14.6. The summed E-state index contributed by atoms with van der Waals surface area (Å²) < 4.78 is 23.5. The molecule has 2 N–H and O–H groups in total. The Kier molecular flexibility index (Phi) is 9.57. The Morgan fingerprint density at radius 1 is 0.857 bits per heavy atom. The summed E-state index contributed by atoms with van der Waals surface area (Å²) in [6, 6.07) is 4.07. The van der Waals surface area contributed by atoms with E-state index in [9.17, 15) is 19.2 Å². The standard InChI is InChI=1S/C30H42Cl2N2O8/c1-15(35)33-22-19-20(24(36)40-27(2,3)4)21(19)30(25(37)41-28(5,6)7,34-26(38)42-29(8,9)10)23(22)39-14-16-11-12-17(31)18(32)13-16/h11-13,19-23H,14H2,1-10H3,(H,33,35)(H,34,38). The molecule has 0 bridgehead atoms. The molecule has 0 aliphatic heterocycles. The van der Waals surface area contributed by atoms with Gasteiger partial charge in [0.15, 0.2) is 5.54 Å². The SMILES string of the molecule is CC(=O)NC1C2C(C(=O)OC(C)(C)C)C2C(NC(=O)OC(C)(C)C)(C(=O)OC(C)(C)C)C1OCc1ccc(Cl)c(Cl)c1. The highest BCUT2D eigenvalue weighted by molar-refractivity contribution is 6.42. The van der Waals surface area contributed by atoms with Crippen molar-refractivity contribution in [1.82, 2.24) is 10.6 Å². The van der Waals surface area contributed by atoms with Crippen molar-refractivity contribution in [2.75, 3.05) is 0 Å². The van der Waals surface area contributed by atoms with Gasteiger partial charge >= 0.3 is 18.0 Å². The summed E-state index contributed by atoms with van der Waals surface area (Å²) in [7, 11) is 0. The number of hydrogen-bond acceptors (Lipinski definition) is 8. The van der Waals surface area contributed by atoms with Crippen LogP contribution in [-0.2, 0) is 39.9 Å². The third-order valence-electron chi connectivity index (χ3n) is 6.70. The van der Waals surface area contributed by atoms with E-state index in [4.69, 9.17) is 42.1 Å².